The molecule has 0 fully saturated rings. The van der Waals surface area contributed by atoms with Crippen molar-refractivity contribution in [3.8, 4) is 5.75 Å². The van der Waals surface area contributed by atoms with Gasteiger partial charge in [-0.05, 0) is 42.3 Å². The lowest BCUT2D eigenvalue weighted by Gasteiger charge is -2.20. The molecule has 0 aliphatic rings. The van der Waals surface area contributed by atoms with Gasteiger partial charge in [-0.15, -0.1) is 0 Å². The van der Waals surface area contributed by atoms with Gasteiger partial charge in [-0.3, -0.25) is 5.84 Å². The van der Waals surface area contributed by atoms with Gasteiger partial charge in [-0.25, -0.2) is 9.82 Å². The van der Waals surface area contributed by atoms with E-state index in [1.807, 2.05) is 25.1 Å². The van der Waals surface area contributed by atoms with E-state index in [1.165, 1.54) is 19.2 Å². The summed E-state index contributed by atoms with van der Waals surface area (Å²) in [5.41, 5.74) is 5.11. The zero-order chi connectivity index (χ0) is 14.7. The normalized spacial score (nSPS) is 12.2. The summed E-state index contributed by atoms with van der Waals surface area (Å²) in [6, 6.07) is 9.52. The van der Waals surface area contributed by atoms with Crippen molar-refractivity contribution in [1.29, 1.82) is 0 Å². The van der Waals surface area contributed by atoms with E-state index in [2.05, 4.69) is 5.43 Å². The molecule has 0 aliphatic heterocycles. The van der Waals surface area contributed by atoms with E-state index in [0.717, 1.165) is 11.1 Å². The van der Waals surface area contributed by atoms with Gasteiger partial charge in [0.05, 0.1) is 13.2 Å². The van der Waals surface area contributed by atoms with E-state index in [1.54, 1.807) is 6.07 Å². The second-order valence-electron chi connectivity index (χ2n) is 4.49. The van der Waals surface area contributed by atoms with Gasteiger partial charge in [0.25, 0.3) is 0 Å². The Balaban J connectivity index is 2.51. The van der Waals surface area contributed by atoms with E-state index in [4.69, 9.17) is 22.2 Å². The maximum atomic E-state index is 13.5. The number of ether oxygens (including phenoxy) is 1. The standard InChI is InChI=1S/C15H16ClFN2O/c1-9-3-4-10(7-13(9)16)15(19-18)12-8-11(17)5-6-14(12)20-2/h3-8,15,19H,18H2,1-2H3. The molecule has 0 bridgehead atoms. The van der Waals surface area contributed by atoms with Gasteiger partial charge in [-0.2, -0.15) is 0 Å². The Hall–Kier alpha value is -1.62. The highest BCUT2D eigenvalue weighted by molar-refractivity contribution is 6.31. The summed E-state index contributed by atoms with van der Waals surface area (Å²) in [4.78, 5) is 0. The number of hydrogen-bond acceptors (Lipinski definition) is 3. The highest BCUT2D eigenvalue weighted by Crippen LogP contribution is 2.31. The number of hydrogen-bond donors (Lipinski definition) is 2. The molecule has 0 amide bonds. The van der Waals surface area contributed by atoms with Crippen LogP contribution in [0.4, 0.5) is 4.39 Å². The van der Waals surface area contributed by atoms with Gasteiger partial charge in [-0.1, -0.05) is 23.7 Å². The van der Waals surface area contributed by atoms with Crippen LogP contribution in [-0.4, -0.2) is 7.11 Å². The van der Waals surface area contributed by atoms with Gasteiger partial charge in [0, 0.05) is 10.6 Å². The summed E-state index contributed by atoms with van der Waals surface area (Å²) in [6.45, 7) is 1.92. The molecule has 20 heavy (non-hydrogen) atoms. The van der Waals surface area contributed by atoms with Crippen molar-refractivity contribution < 1.29 is 9.13 Å². The minimum Gasteiger partial charge on any atom is -0.496 e. The fourth-order valence-corrected chi connectivity index (χ4v) is 2.27. The van der Waals surface area contributed by atoms with Crippen LogP contribution in [0.5, 0.6) is 5.75 Å². The zero-order valence-corrected chi connectivity index (χ0v) is 12.0. The molecule has 0 aliphatic carbocycles. The molecule has 1 atom stereocenters. The second-order valence-corrected chi connectivity index (χ2v) is 4.90. The fraction of sp³-hybridized carbons (Fsp3) is 0.200. The lowest BCUT2D eigenvalue weighted by molar-refractivity contribution is 0.402. The Morgan fingerprint density at radius 1 is 1.25 bits per heavy atom. The quantitative estimate of drug-likeness (QED) is 0.671. The molecular formula is C15H16ClFN2O. The summed E-state index contributed by atoms with van der Waals surface area (Å²) in [6.07, 6.45) is 0. The van der Waals surface area contributed by atoms with Crippen LogP contribution < -0.4 is 16.0 Å². The Morgan fingerprint density at radius 2 is 2.00 bits per heavy atom. The number of nitrogens with two attached hydrogens (primary N) is 1. The average molecular weight is 295 g/mol. The Labute approximate surface area is 122 Å². The number of nitrogens with one attached hydrogen (secondary N) is 1. The van der Waals surface area contributed by atoms with Gasteiger partial charge >= 0.3 is 0 Å². The Morgan fingerprint density at radius 3 is 2.60 bits per heavy atom. The second kappa shape index (κ2) is 6.22. The summed E-state index contributed by atoms with van der Waals surface area (Å²) >= 11 is 6.13. The third-order valence-corrected chi connectivity index (χ3v) is 3.61. The molecule has 3 nitrogen and oxygen atoms in total. The van der Waals surface area contributed by atoms with Crippen LogP contribution >= 0.6 is 11.6 Å². The smallest absolute Gasteiger partial charge is 0.124 e. The molecule has 2 aromatic carbocycles. The predicted octanol–water partition coefficient (Wildman–Crippen LogP) is 3.35. The molecule has 106 valence electrons. The van der Waals surface area contributed by atoms with Crippen LogP contribution in [0.2, 0.25) is 5.02 Å². The molecule has 2 aromatic rings. The molecule has 2 rings (SSSR count). The third kappa shape index (κ3) is 2.93. The van der Waals surface area contributed by atoms with Crippen LogP contribution in [0.3, 0.4) is 0 Å². The van der Waals surface area contributed by atoms with Crippen molar-refractivity contribution >= 4 is 11.6 Å². The van der Waals surface area contributed by atoms with Gasteiger partial charge in [0.1, 0.15) is 11.6 Å². The van der Waals surface area contributed by atoms with E-state index in [-0.39, 0.29) is 5.82 Å². The summed E-state index contributed by atoms with van der Waals surface area (Å²) in [5.74, 6) is 5.84. The maximum absolute atomic E-state index is 13.5. The lowest BCUT2D eigenvalue weighted by atomic mass is 9.97. The topological polar surface area (TPSA) is 47.3 Å². The molecule has 0 saturated carbocycles. The first-order valence-corrected chi connectivity index (χ1v) is 6.50. The minimum absolute atomic E-state index is 0.348. The first kappa shape index (κ1) is 14.8. The molecule has 0 spiro atoms. The summed E-state index contributed by atoms with van der Waals surface area (Å²) in [7, 11) is 1.53. The van der Waals surface area contributed by atoms with Crippen LogP contribution in [0.15, 0.2) is 36.4 Å². The molecule has 0 aromatic heterocycles. The summed E-state index contributed by atoms with van der Waals surface area (Å²) in [5, 5.41) is 0.637. The number of rotatable bonds is 4. The predicted molar refractivity (Wildman–Crippen MR) is 78.3 cm³/mol. The minimum atomic E-state index is -0.404. The molecule has 1 unspecified atom stereocenters. The van der Waals surface area contributed by atoms with Gasteiger partial charge in [0.2, 0.25) is 0 Å². The molecule has 0 radical (unpaired) electrons. The molecule has 0 heterocycles. The maximum Gasteiger partial charge on any atom is 0.124 e. The monoisotopic (exact) mass is 294 g/mol. The molecule has 5 heteroatoms. The number of benzene rings is 2. The van der Waals surface area contributed by atoms with E-state index in [9.17, 15) is 4.39 Å². The van der Waals surface area contributed by atoms with E-state index >= 15 is 0 Å². The summed E-state index contributed by atoms with van der Waals surface area (Å²) < 4.78 is 18.8. The first-order chi connectivity index (χ1) is 9.56. The molecule has 3 N–H and O–H groups in total. The van der Waals surface area contributed by atoms with Gasteiger partial charge < -0.3 is 4.74 Å². The number of hydrazine groups is 1. The number of aryl methyl sites for hydroxylation is 1. The van der Waals surface area contributed by atoms with Crippen molar-refractivity contribution in [2.75, 3.05) is 7.11 Å². The fourth-order valence-electron chi connectivity index (χ4n) is 2.09. The zero-order valence-electron chi connectivity index (χ0n) is 11.3. The van der Waals surface area contributed by atoms with Crippen molar-refractivity contribution in [3.63, 3.8) is 0 Å². The molecular weight excluding hydrogens is 279 g/mol. The van der Waals surface area contributed by atoms with E-state index < -0.39 is 6.04 Å². The SMILES string of the molecule is COc1ccc(F)cc1C(NN)c1ccc(C)c(Cl)c1. The average Bonchev–Trinajstić information content (AvgIpc) is 2.44. The van der Waals surface area contributed by atoms with E-state index in [0.29, 0.717) is 16.3 Å². The van der Waals surface area contributed by atoms with Crippen molar-refractivity contribution in [2.45, 2.75) is 13.0 Å². The number of methoxy groups -OCH3 is 1. The Kier molecular flexibility index (Phi) is 4.60. The van der Waals surface area contributed by atoms with Crippen LogP contribution in [0.1, 0.15) is 22.7 Å². The number of halogens is 2. The Bertz CT molecular complexity index is 619. The van der Waals surface area contributed by atoms with Crippen molar-refractivity contribution in [2.24, 2.45) is 5.84 Å². The largest absolute Gasteiger partial charge is 0.496 e. The highest BCUT2D eigenvalue weighted by atomic mass is 35.5. The van der Waals surface area contributed by atoms with Gasteiger partial charge in [0.15, 0.2) is 0 Å². The molecule has 0 saturated heterocycles. The first-order valence-electron chi connectivity index (χ1n) is 6.12. The third-order valence-electron chi connectivity index (χ3n) is 3.20. The van der Waals surface area contributed by atoms with Crippen molar-refractivity contribution in [1.82, 2.24) is 5.43 Å². The van der Waals surface area contributed by atoms with Crippen LogP contribution in [0.25, 0.3) is 0 Å². The van der Waals surface area contributed by atoms with Crippen LogP contribution in [0, 0.1) is 12.7 Å². The van der Waals surface area contributed by atoms with Crippen LogP contribution in [-0.2, 0) is 0 Å². The highest BCUT2D eigenvalue weighted by Gasteiger charge is 2.18. The van der Waals surface area contributed by atoms with Crippen molar-refractivity contribution in [3.05, 3.63) is 63.9 Å². The lowest BCUT2D eigenvalue weighted by Crippen LogP contribution is -2.29.